The van der Waals surface area contributed by atoms with Gasteiger partial charge in [0.2, 0.25) is 5.69 Å². The number of ether oxygens (including phenoxy) is 1. The van der Waals surface area contributed by atoms with E-state index in [9.17, 15) is 4.79 Å². The van der Waals surface area contributed by atoms with E-state index in [0.29, 0.717) is 21.5 Å². The molecule has 5 heteroatoms. The zero-order valence-corrected chi connectivity index (χ0v) is 17.9. The number of carbonyl (C=O) groups excluding carboxylic acids is 1. The summed E-state index contributed by atoms with van der Waals surface area (Å²) in [7, 11) is 1.75. The van der Waals surface area contributed by atoms with E-state index in [1.54, 1.807) is 18.5 Å². The van der Waals surface area contributed by atoms with Crippen LogP contribution in [0.4, 0.5) is 5.69 Å². The molecule has 0 spiro atoms. The van der Waals surface area contributed by atoms with Gasteiger partial charge < -0.3 is 9.30 Å². The number of aromatic nitrogens is 1. The van der Waals surface area contributed by atoms with Gasteiger partial charge in [0, 0.05) is 12.6 Å². The summed E-state index contributed by atoms with van der Waals surface area (Å²) >= 11 is 3.44. The summed E-state index contributed by atoms with van der Waals surface area (Å²) in [5, 5.41) is 0. The molecule has 0 amide bonds. The Hall–Kier alpha value is -2.84. The summed E-state index contributed by atoms with van der Waals surface area (Å²) < 4.78 is 7.46. The number of hydrogen-bond acceptors (Lipinski definition) is 2. The smallest absolute Gasteiger partial charge is 0.354 e. The maximum absolute atomic E-state index is 12.6. The Bertz CT molecular complexity index is 1070. The first-order valence-electron chi connectivity index (χ1n) is 9.00. The Balaban J connectivity index is 2.16. The van der Waals surface area contributed by atoms with Crippen molar-refractivity contribution in [3.63, 3.8) is 0 Å². The fourth-order valence-electron chi connectivity index (χ4n) is 3.53. The Morgan fingerprint density at radius 1 is 1.07 bits per heavy atom. The molecule has 28 heavy (non-hydrogen) atoms. The van der Waals surface area contributed by atoms with Crippen LogP contribution in [0.1, 0.15) is 28.5 Å². The number of carbonyl (C=O) groups is 1. The minimum atomic E-state index is -0.436. The average molecular weight is 437 g/mol. The van der Waals surface area contributed by atoms with Crippen molar-refractivity contribution in [2.75, 3.05) is 6.61 Å². The van der Waals surface area contributed by atoms with Crippen LogP contribution in [0.3, 0.4) is 0 Å². The van der Waals surface area contributed by atoms with E-state index in [0.717, 1.165) is 11.1 Å². The van der Waals surface area contributed by atoms with Crippen LogP contribution in [-0.4, -0.2) is 17.1 Å². The van der Waals surface area contributed by atoms with Crippen molar-refractivity contribution in [1.29, 1.82) is 0 Å². The summed E-state index contributed by atoms with van der Waals surface area (Å²) in [5.74, 6) is -0.436. The first kappa shape index (κ1) is 19.9. The number of halogens is 1. The van der Waals surface area contributed by atoms with E-state index < -0.39 is 5.97 Å². The molecule has 0 saturated carbocycles. The largest absolute Gasteiger partial charge is 0.461 e. The summed E-state index contributed by atoms with van der Waals surface area (Å²) in [6.45, 7) is 13.8. The first-order valence-corrected chi connectivity index (χ1v) is 9.79. The zero-order chi connectivity index (χ0) is 20.4. The van der Waals surface area contributed by atoms with E-state index in [-0.39, 0.29) is 6.61 Å². The van der Waals surface area contributed by atoms with Crippen LogP contribution in [-0.2, 0) is 11.8 Å². The number of hydrogen-bond donors (Lipinski definition) is 0. The maximum atomic E-state index is 12.6. The van der Waals surface area contributed by atoms with Crippen molar-refractivity contribution in [3.05, 3.63) is 75.3 Å². The normalized spacial score (nSPS) is 10.6. The number of aryl methyl sites for hydroxylation is 2. The van der Waals surface area contributed by atoms with Crippen LogP contribution >= 0.6 is 15.9 Å². The molecule has 0 aliphatic carbocycles. The molecule has 2 aromatic carbocycles. The topological polar surface area (TPSA) is 35.6 Å². The molecule has 0 radical (unpaired) electrons. The van der Waals surface area contributed by atoms with Gasteiger partial charge in [0.25, 0.3) is 0 Å². The highest BCUT2D eigenvalue weighted by molar-refractivity contribution is 9.10. The Kier molecular flexibility index (Phi) is 5.71. The van der Waals surface area contributed by atoms with Gasteiger partial charge in [0.15, 0.2) is 0 Å². The number of nitrogens with zero attached hydrogens (tertiary/aromatic N) is 2. The molecule has 1 heterocycles. The molecular weight excluding hydrogens is 416 g/mol. The highest BCUT2D eigenvalue weighted by Gasteiger charge is 2.26. The van der Waals surface area contributed by atoms with E-state index >= 15 is 0 Å². The molecule has 0 aliphatic heterocycles. The van der Waals surface area contributed by atoms with Crippen molar-refractivity contribution in [1.82, 2.24) is 4.57 Å². The van der Waals surface area contributed by atoms with Gasteiger partial charge in [-0.1, -0.05) is 42.5 Å². The quantitative estimate of drug-likeness (QED) is 0.347. The molecule has 3 aromatic rings. The summed E-state index contributed by atoms with van der Waals surface area (Å²) in [6, 6.07) is 14.2. The lowest BCUT2D eigenvalue weighted by atomic mass is 9.94. The van der Waals surface area contributed by atoms with Crippen LogP contribution in [0.2, 0.25) is 0 Å². The van der Waals surface area contributed by atoms with Crippen LogP contribution < -0.4 is 0 Å². The fourth-order valence-corrected chi connectivity index (χ4v) is 3.99. The molecule has 0 fully saturated rings. The van der Waals surface area contributed by atoms with Gasteiger partial charge in [-0.25, -0.2) is 9.64 Å². The average Bonchev–Trinajstić information content (AvgIpc) is 2.93. The van der Waals surface area contributed by atoms with Gasteiger partial charge in [-0.15, -0.1) is 0 Å². The highest BCUT2D eigenvalue weighted by atomic mass is 79.9. The second-order valence-corrected chi connectivity index (χ2v) is 7.35. The Morgan fingerprint density at radius 2 is 1.61 bits per heavy atom. The molecule has 0 bridgehead atoms. The second kappa shape index (κ2) is 8.04. The standard InChI is InChI=1S/C23H21BrN2O2/c1-6-28-23(27)21-19(20(25-4)22(24)26(21)5)17-12-10-16(11-13-17)18-14(2)8-7-9-15(18)3/h7-13H,6H2,1-3,5H3. The number of esters is 1. The summed E-state index contributed by atoms with van der Waals surface area (Å²) in [4.78, 5) is 16.2. The van der Waals surface area contributed by atoms with Gasteiger partial charge in [-0.05, 0) is 64.5 Å². The van der Waals surface area contributed by atoms with E-state index in [1.807, 2.05) is 24.3 Å². The van der Waals surface area contributed by atoms with Gasteiger partial charge in [-0.3, -0.25) is 0 Å². The van der Waals surface area contributed by atoms with Gasteiger partial charge >= 0.3 is 5.97 Å². The molecule has 0 atom stereocenters. The second-order valence-electron chi connectivity index (χ2n) is 6.60. The van der Waals surface area contributed by atoms with Crippen LogP contribution in [0.15, 0.2) is 47.1 Å². The molecule has 142 valence electrons. The minimum absolute atomic E-state index is 0.278. The molecule has 1 aromatic heterocycles. The summed E-state index contributed by atoms with van der Waals surface area (Å²) in [5.41, 5.74) is 6.93. The SMILES string of the molecule is [C-]#[N+]c1c(-c2ccc(-c3c(C)cccc3C)cc2)c(C(=O)OCC)n(C)c1Br. The van der Waals surface area contributed by atoms with E-state index in [1.165, 1.54) is 16.7 Å². The highest BCUT2D eigenvalue weighted by Crippen LogP contribution is 2.42. The van der Waals surface area contributed by atoms with Gasteiger partial charge in [0.05, 0.1) is 17.8 Å². The maximum Gasteiger partial charge on any atom is 0.354 e. The third-order valence-electron chi connectivity index (χ3n) is 4.82. The predicted octanol–water partition coefficient (Wildman–Crippen LogP) is 6.47. The van der Waals surface area contributed by atoms with Gasteiger partial charge in [-0.2, -0.15) is 0 Å². The minimum Gasteiger partial charge on any atom is -0.461 e. The van der Waals surface area contributed by atoms with Crippen LogP contribution in [0.5, 0.6) is 0 Å². The molecular formula is C23H21BrN2O2. The van der Waals surface area contributed by atoms with Crippen molar-refractivity contribution < 1.29 is 9.53 Å². The third kappa shape index (κ3) is 3.36. The molecule has 0 saturated heterocycles. The lowest BCUT2D eigenvalue weighted by Crippen LogP contribution is -2.11. The monoisotopic (exact) mass is 436 g/mol. The molecule has 3 rings (SSSR count). The molecule has 0 unspecified atom stereocenters. The fraction of sp³-hybridized carbons (Fsp3) is 0.217. The predicted molar refractivity (Wildman–Crippen MR) is 116 cm³/mol. The number of rotatable bonds is 4. The van der Waals surface area contributed by atoms with E-state index in [4.69, 9.17) is 11.3 Å². The van der Waals surface area contributed by atoms with Gasteiger partial charge in [0.1, 0.15) is 5.69 Å². The first-order chi connectivity index (χ1) is 13.4. The molecule has 0 N–H and O–H groups in total. The van der Waals surface area contributed by atoms with Crippen molar-refractivity contribution >= 4 is 27.6 Å². The lowest BCUT2D eigenvalue weighted by molar-refractivity contribution is 0.0516. The third-order valence-corrected chi connectivity index (χ3v) is 5.73. The molecule has 4 nitrogen and oxygen atoms in total. The lowest BCUT2D eigenvalue weighted by Gasteiger charge is -2.12. The van der Waals surface area contributed by atoms with Crippen molar-refractivity contribution in [3.8, 4) is 22.3 Å². The van der Waals surface area contributed by atoms with Crippen LogP contribution in [0, 0.1) is 20.4 Å². The summed E-state index contributed by atoms with van der Waals surface area (Å²) in [6.07, 6.45) is 0. The Labute approximate surface area is 173 Å². The Morgan fingerprint density at radius 3 is 2.11 bits per heavy atom. The zero-order valence-electron chi connectivity index (χ0n) is 16.3. The van der Waals surface area contributed by atoms with E-state index in [2.05, 4.69) is 52.8 Å². The van der Waals surface area contributed by atoms with Crippen molar-refractivity contribution in [2.45, 2.75) is 20.8 Å². The van der Waals surface area contributed by atoms with Crippen LogP contribution in [0.25, 0.3) is 27.1 Å². The molecule has 0 aliphatic rings. The van der Waals surface area contributed by atoms with Crippen molar-refractivity contribution in [2.24, 2.45) is 7.05 Å². The number of benzene rings is 2.